The molecule has 0 radical (unpaired) electrons. The number of nitrogens with one attached hydrogen (secondary N) is 1. The van der Waals surface area contributed by atoms with Crippen molar-refractivity contribution >= 4 is 15.9 Å². The number of rotatable bonds is 7. The molecule has 0 saturated carbocycles. The van der Waals surface area contributed by atoms with Crippen LogP contribution in [0.15, 0.2) is 24.3 Å². The molecule has 1 rings (SSSR count). The second-order valence-corrected chi connectivity index (χ2v) is 6.37. The van der Waals surface area contributed by atoms with E-state index in [9.17, 15) is 8.42 Å². The van der Waals surface area contributed by atoms with Gasteiger partial charge in [-0.3, -0.25) is 5.41 Å². The SMILES string of the molecule is COCCS(=O)(=O)N(C)Cc1cccc(C(=N)N)c1. The monoisotopic (exact) mass is 285 g/mol. The van der Waals surface area contributed by atoms with Gasteiger partial charge in [-0.15, -0.1) is 0 Å². The van der Waals surface area contributed by atoms with Crippen LogP contribution in [0.2, 0.25) is 0 Å². The molecule has 0 amide bonds. The third-order valence-electron chi connectivity index (χ3n) is 2.66. The number of nitrogens with two attached hydrogens (primary N) is 1. The van der Waals surface area contributed by atoms with Crippen LogP contribution in [0.25, 0.3) is 0 Å². The molecule has 106 valence electrons. The van der Waals surface area contributed by atoms with Crippen LogP contribution < -0.4 is 5.73 Å². The lowest BCUT2D eigenvalue weighted by Gasteiger charge is -2.17. The summed E-state index contributed by atoms with van der Waals surface area (Å²) < 4.78 is 29.8. The lowest BCUT2D eigenvalue weighted by atomic mass is 10.1. The number of nitrogens with zero attached hydrogens (tertiary/aromatic N) is 1. The number of sulfonamides is 1. The number of amidine groups is 1. The van der Waals surface area contributed by atoms with E-state index in [1.165, 1.54) is 18.5 Å². The van der Waals surface area contributed by atoms with E-state index in [4.69, 9.17) is 15.9 Å². The fourth-order valence-electron chi connectivity index (χ4n) is 1.54. The van der Waals surface area contributed by atoms with Crippen molar-refractivity contribution in [1.29, 1.82) is 5.41 Å². The van der Waals surface area contributed by atoms with E-state index in [1.54, 1.807) is 24.3 Å². The first-order valence-corrected chi connectivity index (χ1v) is 7.34. The summed E-state index contributed by atoms with van der Waals surface area (Å²) >= 11 is 0. The Balaban J connectivity index is 2.79. The summed E-state index contributed by atoms with van der Waals surface area (Å²) in [4.78, 5) is 0. The van der Waals surface area contributed by atoms with Gasteiger partial charge in [0.1, 0.15) is 5.84 Å². The molecule has 19 heavy (non-hydrogen) atoms. The lowest BCUT2D eigenvalue weighted by Crippen LogP contribution is -2.30. The summed E-state index contributed by atoms with van der Waals surface area (Å²) in [6.45, 7) is 0.410. The normalized spacial score (nSPS) is 11.7. The highest BCUT2D eigenvalue weighted by Gasteiger charge is 2.17. The first-order chi connectivity index (χ1) is 8.86. The average molecular weight is 285 g/mol. The third-order valence-corrected chi connectivity index (χ3v) is 4.42. The maximum absolute atomic E-state index is 11.9. The van der Waals surface area contributed by atoms with Gasteiger partial charge in [-0.05, 0) is 11.6 Å². The van der Waals surface area contributed by atoms with E-state index in [2.05, 4.69) is 0 Å². The van der Waals surface area contributed by atoms with Crippen LogP contribution in [0, 0.1) is 5.41 Å². The Hall–Kier alpha value is -1.44. The molecule has 0 aliphatic rings. The minimum atomic E-state index is -3.33. The van der Waals surface area contributed by atoms with Crippen LogP contribution in [-0.4, -0.2) is 45.1 Å². The van der Waals surface area contributed by atoms with Crippen LogP contribution in [-0.2, 0) is 21.3 Å². The molecule has 0 aromatic heterocycles. The van der Waals surface area contributed by atoms with E-state index < -0.39 is 10.0 Å². The molecular weight excluding hydrogens is 266 g/mol. The van der Waals surface area contributed by atoms with Gasteiger partial charge in [0.15, 0.2) is 0 Å². The topological polar surface area (TPSA) is 96.5 Å². The maximum Gasteiger partial charge on any atom is 0.216 e. The zero-order valence-electron chi connectivity index (χ0n) is 11.1. The molecular formula is C12H19N3O3S. The molecule has 7 heteroatoms. The Kier molecular flexibility index (Phi) is 5.46. The third kappa shape index (κ3) is 4.62. The molecule has 0 atom stereocenters. The van der Waals surface area contributed by atoms with Crippen molar-refractivity contribution in [2.45, 2.75) is 6.54 Å². The predicted molar refractivity (Wildman–Crippen MR) is 74.6 cm³/mol. The summed E-state index contributed by atoms with van der Waals surface area (Å²) in [6.07, 6.45) is 0. The summed E-state index contributed by atoms with van der Waals surface area (Å²) in [6, 6.07) is 6.98. The average Bonchev–Trinajstić information content (AvgIpc) is 2.36. The Morgan fingerprint density at radius 1 is 1.47 bits per heavy atom. The second-order valence-electron chi connectivity index (χ2n) is 4.18. The van der Waals surface area contributed by atoms with Crippen molar-refractivity contribution in [1.82, 2.24) is 4.31 Å². The number of hydrogen-bond donors (Lipinski definition) is 2. The Morgan fingerprint density at radius 3 is 2.74 bits per heavy atom. The van der Waals surface area contributed by atoms with Gasteiger partial charge < -0.3 is 10.5 Å². The fraction of sp³-hybridized carbons (Fsp3) is 0.417. The molecule has 1 aromatic carbocycles. The van der Waals surface area contributed by atoms with Gasteiger partial charge in [0.25, 0.3) is 0 Å². The Bertz CT molecular complexity index is 543. The second kappa shape index (κ2) is 6.65. The fourth-order valence-corrected chi connectivity index (χ4v) is 2.57. The van der Waals surface area contributed by atoms with Gasteiger partial charge in [0, 0.05) is 26.3 Å². The molecule has 0 saturated heterocycles. The van der Waals surface area contributed by atoms with Crippen molar-refractivity contribution in [3.63, 3.8) is 0 Å². The summed E-state index contributed by atoms with van der Waals surface area (Å²) in [5, 5.41) is 7.36. The van der Waals surface area contributed by atoms with Gasteiger partial charge >= 0.3 is 0 Å². The van der Waals surface area contributed by atoms with Crippen LogP contribution in [0.5, 0.6) is 0 Å². The molecule has 0 aliphatic heterocycles. The highest BCUT2D eigenvalue weighted by atomic mass is 32.2. The quantitative estimate of drug-likeness (QED) is 0.559. The zero-order chi connectivity index (χ0) is 14.5. The zero-order valence-corrected chi connectivity index (χ0v) is 11.9. The van der Waals surface area contributed by atoms with Crippen molar-refractivity contribution in [3.05, 3.63) is 35.4 Å². The minimum Gasteiger partial charge on any atom is -0.384 e. The van der Waals surface area contributed by atoms with Gasteiger partial charge in [-0.25, -0.2) is 12.7 Å². The van der Waals surface area contributed by atoms with E-state index in [0.717, 1.165) is 5.56 Å². The molecule has 0 unspecified atom stereocenters. The van der Waals surface area contributed by atoms with Gasteiger partial charge in [0.2, 0.25) is 10.0 Å². The first-order valence-electron chi connectivity index (χ1n) is 5.73. The molecule has 0 aliphatic carbocycles. The molecule has 3 N–H and O–H groups in total. The smallest absolute Gasteiger partial charge is 0.216 e. The molecule has 1 aromatic rings. The van der Waals surface area contributed by atoms with Crippen molar-refractivity contribution in [2.75, 3.05) is 26.5 Å². The van der Waals surface area contributed by atoms with Crippen LogP contribution >= 0.6 is 0 Å². The van der Waals surface area contributed by atoms with Crippen LogP contribution in [0.1, 0.15) is 11.1 Å². The number of methoxy groups -OCH3 is 1. The molecule has 0 spiro atoms. The molecule has 6 nitrogen and oxygen atoms in total. The molecule has 0 bridgehead atoms. The molecule has 0 heterocycles. The van der Waals surface area contributed by atoms with Crippen molar-refractivity contribution < 1.29 is 13.2 Å². The largest absolute Gasteiger partial charge is 0.384 e. The highest BCUT2D eigenvalue weighted by Crippen LogP contribution is 2.10. The number of benzene rings is 1. The molecule has 0 fully saturated rings. The van der Waals surface area contributed by atoms with E-state index in [-0.39, 0.29) is 24.7 Å². The van der Waals surface area contributed by atoms with Gasteiger partial charge in [-0.1, -0.05) is 18.2 Å². The summed E-state index contributed by atoms with van der Waals surface area (Å²) in [5.41, 5.74) is 6.77. The minimum absolute atomic E-state index is 0.0354. The van der Waals surface area contributed by atoms with Gasteiger partial charge in [0.05, 0.1) is 12.4 Å². The standard InChI is InChI=1S/C12H19N3O3S/c1-15(19(16,17)7-6-18-2)9-10-4-3-5-11(8-10)12(13)14/h3-5,8H,6-7,9H2,1-2H3,(H3,13,14). The van der Waals surface area contributed by atoms with Crippen molar-refractivity contribution in [2.24, 2.45) is 5.73 Å². The number of hydrogen-bond acceptors (Lipinski definition) is 4. The van der Waals surface area contributed by atoms with Crippen LogP contribution in [0.3, 0.4) is 0 Å². The van der Waals surface area contributed by atoms with Gasteiger partial charge in [-0.2, -0.15) is 0 Å². The summed E-state index contributed by atoms with van der Waals surface area (Å²) in [5.74, 6) is -0.0846. The van der Waals surface area contributed by atoms with Crippen LogP contribution in [0.4, 0.5) is 0 Å². The number of nitrogen functional groups attached to an aromatic ring is 1. The predicted octanol–water partition coefficient (Wildman–Crippen LogP) is 0.379. The number of ether oxygens (including phenoxy) is 1. The maximum atomic E-state index is 11.9. The Morgan fingerprint density at radius 2 is 2.16 bits per heavy atom. The Labute approximate surface area is 113 Å². The van der Waals surface area contributed by atoms with Crippen molar-refractivity contribution in [3.8, 4) is 0 Å². The summed E-state index contributed by atoms with van der Waals surface area (Å²) in [7, 11) is -0.347. The van der Waals surface area contributed by atoms with E-state index >= 15 is 0 Å². The van der Waals surface area contributed by atoms with E-state index in [1.807, 2.05) is 0 Å². The van der Waals surface area contributed by atoms with E-state index in [0.29, 0.717) is 5.56 Å². The highest BCUT2D eigenvalue weighted by molar-refractivity contribution is 7.89. The lowest BCUT2D eigenvalue weighted by molar-refractivity contribution is 0.215. The first kappa shape index (κ1) is 15.6.